The second-order valence-corrected chi connectivity index (χ2v) is 4.43. The van der Waals surface area contributed by atoms with Gasteiger partial charge in [0.2, 0.25) is 0 Å². The first-order valence-electron chi connectivity index (χ1n) is 5.52. The molecule has 2 rings (SSSR count). The lowest BCUT2D eigenvalue weighted by Crippen LogP contribution is -1.99. The molecule has 0 heterocycles. The molecule has 0 aromatic heterocycles. The van der Waals surface area contributed by atoms with E-state index in [0.29, 0.717) is 17.1 Å². The van der Waals surface area contributed by atoms with E-state index in [1.165, 1.54) is 12.1 Å². The third-order valence-electron chi connectivity index (χ3n) is 2.51. The molecule has 2 N–H and O–H groups in total. The number of nitrogens with two attached hydrogens (primary N) is 1. The Labute approximate surface area is 118 Å². The number of anilines is 1. The van der Waals surface area contributed by atoms with Crippen molar-refractivity contribution < 1.29 is 13.9 Å². The van der Waals surface area contributed by atoms with Crippen LogP contribution >= 0.6 is 15.9 Å². The van der Waals surface area contributed by atoms with Crippen LogP contribution in [0.2, 0.25) is 0 Å². The molecule has 0 saturated carbocycles. The zero-order chi connectivity index (χ0) is 13.8. The van der Waals surface area contributed by atoms with Gasteiger partial charge in [-0.25, -0.2) is 4.39 Å². The molecule has 0 aliphatic carbocycles. The van der Waals surface area contributed by atoms with Crippen LogP contribution in [0.1, 0.15) is 10.4 Å². The fourth-order valence-electron chi connectivity index (χ4n) is 1.49. The molecule has 0 aliphatic heterocycles. The first-order valence-corrected chi connectivity index (χ1v) is 6.64. The number of halogens is 2. The molecule has 19 heavy (non-hydrogen) atoms. The molecule has 0 unspecified atom stereocenters. The van der Waals surface area contributed by atoms with Crippen molar-refractivity contribution in [3.63, 3.8) is 0 Å². The third kappa shape index (κ3) is 3.32. The van der Waals surface area contributed by atoms with Crippen LogP contribution in [-0.2, 0) is 0 Å². The van der Waals surface area contributed by atoms with Crippen molar-refractivity contribution in [2.24, 2.45) is 0 Å². The number of carbonyl (C=O) groups is 1. The summed E-state index contributed by atoms with van der Waals surface area (Å²) < 4.78 is 18.7. The number of benzene rings is 2. The van der Waals surface area contributed by atoms with Crippen LogP contribution in [-0.4, -0.2) is 11.1 Å². The summed E-state index contributed by atoms with van der Waals surface area (Å²) in [7, 11) is 0. The topological polar surface area (TPSA) is 52.3 Å². The van der Waals surface area contributed by atoms with E-state index in [9.17, 15) is 9.18 Å². The smallest absolute Gasteiger partial charge is 0.173 e. The highest BCUT2D eigenvalue weighted by molar-refractivity contribution is 9.09. The number of hydrogen-bond acceptors (Lipinski definition) is 3. The Kier molecular flexibility index (Phi) is 4.16. The molecule has 2 aromatic rings. The van der Waals surface area contributed by atoms with E-state index in [4.69, 9.17) is 10.5 Å². The predicted octanol–water partition coefficient (Wildman–Crippen LogP) is 3.78. The van der Waals surface area contributed by atoms with Gasteiger partial charge in [0.05, 0.1) is 11.0 Å². The minimum Gasteiger partial charge on any atom is -0.457 e. The van der Waals surface area contributed by atoms with Crippen LogP contribution in [0.15, 0.2) is 42.5 Å². The number of rotatable bonds is 4. The van der Waals surface area contributed by atoms with E-state index in [-0.39, 0.29) is 16.8 Å². The minimum absolute atomic E-state index is 0.00919. The van der Waals surface area contributed by atoms with Gasteiger partial charge >= 0.3 is 0 Å². The van der Waals surface area contributed by atoms with Crippen molar-refractivity contribution in [2.75, 3.05) is 11.1 Å². The molecule has 98 valence electrons. The maximum Gasteiger partial charge on any atom is 0.173 e. The van der Waals surface area contributed by atoms with Gasteiger partial charge in [-0.05, 0) is 36.4 Å². The van der Waals surface area contributed by atoms with Crippen molar-refractivity contribution in [1.82, 2.24) is 0 Å². The lowest BCUT2D eigenvalue weighted by atomic mass is 10.1. The highest BCUT2D eigenvalue weighted by Gasteiger charge is 2.05. The highest BCUT2D eigenvalue weighted by atomic mass is 79.9. The Morgan fingerprint density at radius 1 is 1.16 bits per heavy atom. The molecular weight excluding hydrogens is 313 g/mol. The summed E-state index contributed by atoms with van der Waals surface area (Å²) in [4.78, 5) is 11.4. The monoisotopic (exact) mass is 323 g/mol. The second-order valence-electron chi connectivity index (χ2n) is 3.87. The van der Waals surface area contributed by atoms with Crippen molar-refractivity contribution in [3.8, 4) is 11.5 Å². The first-order chi connectivity index (χ1) is 9.10. The highest BCUT2D eigenvalue weighted by Crippen LogP contribution is 2.24. The van der Waals surface area contributed by atoms with Crippen LogP contribution < -0.4 is 10.5 Å². The van der Waals surface area contributed by atoms with Gasteiger partial charge in [0.25, 0.3) is 0 Å². The van der Waals surface area contributed by atoms with Gasteiger partial charge in [0, 0.05) is 11.6 Å². The third-order valence-corrected chi connectivity index (χ3v) is 3.01. The summed E-state index contributed by atoms with van der Waals surface area (Å²) >= 11 is 3.10. The molecule has 2 aromatic carbocycles. The number of Topliss-reactive ketones (excluding diaryl/α,β-unsaturated/α-hetero) is 1. The Morgan fingerprint density at radius 2 is 1.79 bits per heavy atom. The van der Waals surface area contributed by atoms with Crippen LogP contribution in [0.25, 0.3) is 0 Å². The largest absolute Gasteiger partial charge is 0.457 e. The van der Waals surface area contributed by atoms with Crippen molar-refractivity contribution in [2.45, 2.75) is 0 Å². The summed E-state index contributed by atoms with van der Waals surface area (Å²) in [5.74, 6) is 0.343. The normalized spacial score (nSPS) is 10.2. The molecule has 0 aliphatic rings. The number of ether oxygens (including phenoxy) is 1. The van der Waals surface area contributed by atoms with E-state index in [1.807, 2.05) is 0 Å². The molecule has 0 radical (unpaired) electrons. The number of nitrogen functional groups attached to an aromatic ring is 1. The number of ketones is 1. The van der Waals surface area contributed by atoms with Gasteiger partial charge < -0.3 is 10.5 Å². The van der Waals surface area contributed by atoms with Crippen LogP contribution in [0.4, 0.5) is 10.1 Å². The molecule has 3 nitrogen and oxygen atoms in total. The van der Waals surface area contributed by atoms with E-state index in [2.05, 4.69) is 15.9 Å². The molecule has 0 atom stereocenters. The fourth-order valence-corrected chi connectivity index (χ4v) is 1.82. The lowest BCUT2D eigenvalue weighted by Gasteiger charge is -2.07. The number of alkyl halides is 1. The second kappa shape index (κ2) is 5.84. The van der Waals surface area contributed by atoms with Gasteiger partial charge in [-0.3, -0.25) is 4.79 Å². The maximum absolute atomic E-state index is 13.2. The van der Waals surface area contributed by atoms with Crippen molar-refractivity contribution in [1.29, 1.82) is 0 Å². The van der Waals surface area contributed by atoms with Crippen LogP contribution in [0.3, 0.4) is 0 Å². The standard InChI is InChI=1S/C14H11BrFNO2/c15-8-14(18)9-1-3-10(4-2-9)19-11-5-6-13(17)12(16)7-11/h1-7H,8,17H2. The summed E-state index contributed by atoms with van der Waals surface area (Å²) in [6.45, 7) is 0. The molecule has 0 saturated heterocycles. The summed E-state index contributed by atoms with van der Waals surface area (Å²) in [6, 6.07) is 10.9. The minimum atomic E-state index is -0.524. The molecule has 0 spiro atoms. The average molecular weight is 324 g/mol. The van der Waals surface area contributed by atoms with Gasteiger partial charge in [-0.15, -0.1) is 0 Å². The molecule has 0 fully saturated rings. The number of carbonyl (C=O) groups excluding carboxylic acids is 1. The van der Waals surface area contributed by atoms with Crippen molar-refractivity contribution >= 4 is 27.4 Å². The quantitative estimate of drug-likeness (QED) is 0.529. The van der Waals surface area contributed by atoms with Crippen molar-refractivity contribution in [3.05, 3.63) is 53.8 Å². The van der Waals surface area contributed by atoms with Crippen LogP contribution in [0, 0.1) is 5.82 Å². The fraction of sp³-hybridized carbons (Fsp3) is 0.0714. The van der Waals surface area contributed by atoms with E-state index < -0.39 is 5.82 Å². The Balaban J connectivity index is 2.15. The van der Waals surface area contributed by atoms with E-state index >= 15 is 0 Å². The summed E-state index contributed by atoms with van der Waals surface area (Å²) in [5, 5.41) is 0.274. The summed E-state index contributed by atoms with van der Waals surface area (Å²) in [5.41, 5.74) is 6.04. The Bertz CT molecular complexity index is 599. The van der Waals surface area contributed by atoms with E-state index in [1.54, 1.807) is 30.3 Å². The van der Waals surface area contributed by atoms with Crippen LogP contribution in [0.5, 0.6) is 11.5 Å². The SMILES string of the molecule is Nc1ccc(Oc2ccc(C(=O)CBr)cc2)cc1F. The zero-order valence-corrected chi connectivity index (χ0v) is 11.5. The lowest BCUT2D eigenvalue weighted by molar-refractivity contribution is 0.102. The maximum atomic E-state index is 13.2. The molecular formula is C14H11BrFNO2. The van der Waals surface area contributed by atoms with Gasteiger partial charge in [0.1, 0.15) is 17.3 Å². The van der Waals surface area contributed by atoms with Gasteiger partial charge in [-0.1, -0.05) is 15.9 Å². The van der Waals surface area contributed by atoms with Gasteiger partial charge in [0.15, 0.2) is 5.78 Å². The Hall–Kier alpha value is -1.88. The molecule has 5 heteroatoms. The van der Waals surface area contributed by atoms with E-state index in [0.717, 1.165) is 0 Å². The molecule has 0 bridgehead atoms. The molecule has 0 amide bonds. The predicted molar refractivity (Wildman–Crippen MR) is 75.5 cm³/mol. The average Bonchev–Trinajstić information content (AvgIpc) is 2.43. The van der Waals surface area contributed by atoms with Gasteiger partial charge in [-0.2, -0.15) is 0 Å². The zero-order valence-electron chi connectivity index (χ0n) is 9.90. The number of hydrogen-bond donors (Lipinski definition) is 1. The summed E-state index contributed by atoms with van der Waals surface area (Å²) in [6.07, 6.45) is 0. The Morgan fingerprint density at radius 3 is 2.37 bits per heavy atom. The first kappa shape index (κ1) is 13.5.